The van der Waals surface area contributed by atoms with E-state index in [0.29, 0.717) is 51.7 Å². The fraction of sp³-hybridized carbons (Fsp3) is 0.333. The Balaban J connectivity index is 1.49. The normalized spacial score (nSPS) is 14.0. The molecule has 0 radical (unpaired) electrons. The van der Waals surface area contributed by atoms with Crippen molar-refractivity contribution in [2.75, 3.05) is 55.7 Å². The zero-order valence-corrected chi connectivity index (χ0v) is 21.1. The first-order valence-electron chi connectivity index (χ1n) is 11.5. The van der Waals surface area contributed by atoms with Crippen LogP contribution in [0.5, 0.6) is 0 Å². The molecular formula is C24H27ClFN7O2S. The number of carbonyl (C=O) groups excluding carboxylic acids is 1. The second kappa shape index (κ2) is 12.9. The molecule has 1 saturated heterocycles. The molecule has 0 unspecified atom stereocenters. The van der Waals surface area contributed by atoms with Crippen molar-refractivity contribution in [1.82, 2.24) is 25.4 Å². The van der Waals surface area contributed by atoms with Crippen molar-refractivity contribution in [1.29, 1.82) is 0 Å². The summed E-state index contributed by atoms with van der Waals surface area (Å²) in [7, 11) is 0. The summed E-state index contributed by atoms with van der Waals surface area (Å²) >= 11 is 7.36. The second-order valence-corrected chi connectivity index (χ2v) is 9.61. The summed E-state index contributed by atoms with van der Waals surface area (Å²) in [6, 6.07) is 9.37. The lowest BCUT2D eigenvalue weighted by atomic mass is 10.1. The van der Waals surface area contributed by atoms with Gasteiger partial charge in [-0.05, 0) is 30.3 Å². The minimum Gasteiger partial charge on any atom is -0.396 e. The maximum absolute atomic E-state index is 14.4. The molecule has 1 fully saturated rings. The van der Waals surface area contributed by atoms with E-state index < -0.39 is 5.82 Å². The third kappa shape index (κ3) is 7.34. The number of aliphatic hydroxyl groups excluding tert-OH is 1. The number of nitrogens with one attached hydrogen (secondary N) is 3. The number of halogens is 2. The first-order valence-corrected chi connectivity index (χ1v) is 12.9. The van der Waals surface area contributed by atoms with Gasteiger partial charge in [0.05, 0.1) is 18.0 Å². The van der Waals surface area contributed by atoms with Gasteiger partial charge in [0, 0.05) is 73.4 Å². The van der Waals surface area contributed by atoms with Crippen molar-refractivity contribution >= 4 is 46.5 Å². The highest BCUT2D eigenvalue weighted by Crippen LogP contribution is 2.32. The fourth-order valence-electron chi connectivity index (χ4n) is 3.68. The van der Waals surface area contributed by atoms with Gasteiger partial charge in [-0.1, -0.05) is 11.6 Å². The molecule has 0 saturated carbocycles. The summed E-state index contributed by atoms with van der Waals surface area (Å²) in [5.41, 5.74) is 1.75. The van der Waals surface area contributed by atoms with E-state index in [2.05, 4.69) is 36.0 Å². The molecule has 36 heavy (non-hydrogen) atoms. The quantitative estimate of drug-likeness (QED) is 0.292. The third-order valence-electron chi connectivity index (χ3n) is 5.47. The molecule has 3 aromatic rings. The van der Waals surface area contributed by atoms with Crippen molar-refractivity contribution in [3.05, 3.63) is 53.4 Å². The molecule has 190 valence electrons. The first kappa shape index (κ1) is 26.2. The molecule has 4 rings (SSSR count). The Morgan fingerprint density at radius 2 is 2.03 bits per heavy atom. The van der Waals surface area contributed by atoms with Crippen molar-refractivity contribution in [2.24, 2.45) is 0 Å². The molecule has 1 aliphatic rings. The van der Waals surface area contributed by atoms with Gasteiger partial charge < -0.3 is 26.0 Å². The van der Waals surface area contributed by atoms with Crippen LogP contribution in [0.4, 0.5) is 21.6 Å². The van der Waals surface area contributed by atoms with Crippen molar-refractivity contribution in [3.63, 3.8) is 0 Å². The van der Waals surface area contributed by atoms with E-state index in [1.54, 1.807) is 24.4 Å². The van der Waals surface area contributed by atoms with Gasteiger partial charge in [0.15, 0.2) is 0 Å². The molecule has 0 aliphatic carbocycles. The molecular weight excluding hydrogens is 505 g/mol. The standard InChI is InChI=1S/C24H27ClFN7O2S/c25-16-1-2-19(26)18(13-16)20-15-21(24(32-31-20)36-12-11-34)29-17-3-5-28-22(14-17)30-23(35)4-8-33-9-6-27-7-10-33/h1-3,5,13-15,27,34H,4,6-12H2,(H2,28,29,30,31,35). The summed E-state index contributed by atoms with van der Waals surface area (Å²) in [4.78, 5) is 19.0. The maximum atomic E-state index is 14.4. The van der Waals surface area contributed by atoms with E-state index in [4.69, 9.17) is 11.6 Å². The van der Waals surface area contributed by atoms with Crippen LogP contribution in [0.25, 0.3) is 11.3 Å². The number of anilines is 3. The highest BCUT2D eigenvalue weighted by molar-refractivity contribution is 7.99. The number of aliphatic hydroxyl groups is 1. The zero-order chi connectivity index (χ0) is 25.3. The van der Waals surface area contributed by atoms with Gasteiger partial charge in [0.25, 0.3) is 0 Å². The zero-order valence-electron chi connectivity index (χ0n) is 19.5. The van der Waals surface area contributed by atoms with E-state index in [-0.39, 0.29) is 18.1 Å². The lowest BCUT2D eigenvalue weighted by Gasteiger charge is -2.26. The topological polar surface area (TPSA) is 115 Å². The summed E-state index contributed by atoms with van der Waals surface area (Å²) in [5, 5.41) is 27.9. The minimum absolute atomic E-state index is 0.0319. The predicted octanol–water partition coefficient (Wildman–Crippen LogP) is 3.39. The Morgan fingerprint density at radius 3 is 2.83 bits per heavy atom. The van der Waals surface area contributed by atoms with Gasteiger partial charge in [-0.25, -0.2) is 9.37 Å². The third-order valence-corrected chi connectivity index (χ3v) is 6.66. The number of rotatable bonds is 10. The Hall–Kier alpha value is -2.83. The van der Waals surface area contributed by atoms with Crippen LogP contribution in [-0.2, 0) is 4.79 Å². The number of aromatic nitrogens is 3. The predicted molar refractivity (Wildman–Crippen MR) is 140 cm³/mol. The first-order chi connectivity index (χ1) is 17.5. The Labute approximate surface area is 217 Å². The molecule has 1 amide bonds. The number of thioether (sulfide) groups is 1. The second-order valence-electron chi connectivity index (χ2n) is 8.09. The molecule has 2 aromatic heterocycles. The molecule has 1 aromatic carbocycles. The summed E-state index contributed by atoms with van der Waals surface area (Å²) < 4.78 is 14.4. The van der Waals surface area contributed by atoms with Gasteiger partial charge in [0.1, 0.15) is 16.7 Å². The Bertz CT molecular complexity index is 1200. The van der Waals surface area contributed by atoms with Gasteiger partial charge in [-0.15, -0.1) is 22.0 Å². The Kier molecular flexibility index (Phi) is 9.42. The average Bonchev–Trinajstić information content (AvgIpc) is 2.89. The number of nitrogens with zero attached hydrogens (tertiary/aromatic N) is 4. The van der Waals surface area contributed by atoms with Gasteiger partial charge in [0.2, 0.25) is 5.91 Å². The number of pyridine rings is 1. The van der Waals surface area contributed by atoms with Crippen LogP contribution in [0.2, 0.25) is 5.02 Å². The van der Waals surface area contributed by atoms with Crippen LogP contribution in [0.15, 0.2) is 47.6 Å². The van der Waals surface area contributed by atoms with Crippen LogP contribution in [0, 0.1) is 5.82 Å². The fourth-order valence-corrected chi connectivity index (χ4v) is 4.50. The van der Waals surface area contributed by atoms with Crippen molar-refractivity contribution < 1.29 is 14.3 Å². The van der Waals surface area contributed by atoms with Gasteiger partial charge >= 0.3 is 0 Å². The largest absolute Gasteiger partial charge is 0.396 e. The van der Waals surface area contributed by atoms with Crippen molar-refractivity contribution in [2.45, 2.75) is 11.4 Å². The van der Waals surface area contributed by atoms with E-state index in [0.717, 1.165) is 26.2 Å². The van der Waals surface area contributed by atoms with Crippen LogP contribution >= 0.6 is 23.4 Å². The lowest BCUT2D eigenvalue weighted by Crippen LogP contribution is -2.44. The number of amides is 1. The average molecular weight is 532 g/mol. The van der Waals surface area contributed by atoms with Crippen LogP contribution in [0.3, 0.4) is 0 Å². The monoisotopic (exact) mass is 531 g/mol. The van der Waals surface area contributed by atoms with Crippen LogP contribution in [-0.4, -0.2) is 76.2 Å². The van der Waals surface area contributed by atoms with Gasteiger partial charge in [-0.3, -0.25) is 4.79 Å². The molecule has 0 atom stereocenters. The summed E-state index contributed by atoms with van der Waals surface area (Å²) in [5.74, 6) is 0.253. The summed E-state index contributed by atoms with van der Waals surface area (Å²) in [6.07, 6.45) is 1.96. The highest BCUT2D eigenvalue weighted by atomic mass is 35.5. The van der Waals surface area contributed by atoms with E-state index in [9.17, 15) is 14.3 Å². The van der Waals surface area contributed by atoms with E-state index in [1.807, 2.05) is 0 Å². The molecule has 1 aliphatic heterocycles. The maximum Gasteiger partial charge on any atom is 0.226 e. The number of hydrogen-bond donors (Lipinski definition) is 4. The molecule has 4 N–H and O–H groups in total. The smallest absolute Gasteiger partial charge is 0.226 e. The summed E-state index contributed by atoms with van der Waals surface area (Å²) in [6.45, 7) is 4.40. The molecule has 12 heteroatoms. The molecule has 3 heterocycles. The van der Waals surface area contributed by atoms with E-state index in [1.165, 1.54) is 30.0 Å². The molecule has 0 spiro atoms. The van der Waals surface area contributed by atoms with Gasteiger partial charge in [-0.2, -0.15) is 0 Å². The number of hydrogen-bond acceptors (Lipinski definition) is 9. The number of benzene rings is 1. The lowest BCUT2D eigenvalue weighted by molar-refractivity contribution is -0.116. The SMILES string of the molecule is O=C(CCN1CCNCC1)Nc1cc(Nc2cc(-c3cc(Cl)ccc3F)nnc2SCCO)ccn1. The molecule has 0 bridgehead atoms. The molecule has 9 nitrogen and oxygen atoms in total. The van der Waals surface area contributed by atoms with Crippen LogP contribution < -0.4 is 16.0 Å². The highest BCUT2D eigenvalue weighted by Gasteiger charge is 2.15. The van der Waals surface area contributed by atoms with Crippen molar-refractivity contribution in [3.8, 4) is 11.3 Å². The number of piperazine rings is 1. The van der Waals surface area contributed by atoms with Crippen LogP contribution in [0.1, 0.15) is 6.42 Å². The van der Waals surface area contributed by atoms with E-state index >= 15 is 0 Å². The minimum atomic E-state index is -0.467. The number of carbonyl (C=O) groups is 1. The Morgan fingerprint density at radius 1 is 1.19 bits per heavy atom.